The molecule has 0 fully saturated rings. The van der Waals surface area contributed by atoms with Crippen molar-refractivity contribution >= 4 is 65.7 Å². The molecule has 6 heteroatoms. The molecule has 0 atom stereocenters. The van der Waals surface area contributed by atoms with Crippen molar-refractivity contribution in [2.24, 2.45) is 0 Å². The highest BCUT2D eigenvalue weighted by Gasteiger charge is 2.04. The second kappa shape index (κ2) is 7.35. The molecule has 6 nitrogen and oxygen atoms in total. The lowest BCUT2D eigenvalue weighted by Crippen LogP contribution is -1.79. The highest BCUT2D eigenvalue weighted by Crippen LogP contribution is 2.26. The zero-order valence-electron chi connectivity index (χ0n) is 18.0. The lowest BCUT2D eigenvalue weighted by Gasteiger charge is -1.92. The van der Waals surface area contributed by atoms with Crippen LogP contribution in [0, 0.1) is 0 Å². The normalized spacial score (nSPS) is 11.5. The minimum Gasteiger partial charge on any atom is -0.354 e. The number of aromatic nitrogens is 6. The molecule has 2 aromatic carbocycles. The molecule has 0 aliphatic carbocycles. The summed E-state index contributed by atoms with van der Waals surface area (Å²) in [4.78, 5) is 25.7. The average molecular weight is 438 g/mol. The van der Waals surface area contributed by atoms with Crippen LogP contribution in [0.1, 0.15) is 0 Å². The quantitative estimate of drug-likeness (QED) is 0.282. The Kier molecular flexibility index (Phi) is 4.04. The van der Waals surface area contributed by atoms with E-state index in [1.54, 1.807) is 24.8 Å². The lowest BCUT2D eigenvalue weighted by atomic mass is 10.1. The third-order valence-electron chi connectivity index (χ3n) is 6.07. The predicted octanol–water partition coefficient (Wildman–Crippen LogP) is 6.53. The molecule has 8 bridgehead atoms. The second-order valence-electron chi connectivity index (χ2n) is 8.31. The van der Waals surface area contributed by atoms with E-state index >= 15 is 0 Å². The zero-order chi connectivity index (χ0) is 22.5. The summed E-state index contributed by atoms with van der Waals surface area (Å²) in [6.07, 6.45) is 7.11. The lowest BCUT2D eigenvalue weighted by molar-refractivity contribution is 1.30. The SMILES string of the molecule is c1ccc2c3cc4cncc(cc5[nH]c(cc6cncc(cc([nH]3)c2c1)n6)c1ccccc51)n4. The summed E-state index contributed by atoms with van der Waals surface area (Å²) in [5.41, 5.74) is 7.03. The number of aromatic amines is 2. The number of rotatable bonds is 0. The molecule has 5 heterocycles. The van der Waals surface area contributed by atoms with Crippen LogP contribution in [0.3, 0.4) is 0 Å². The van der Waals surface area contributed by atoms with E-state index in [4.69, 9.17) is 9.97 Å². The fourth-order valence-corrected chi connectivity index (χ4v) is 4.58. The largest absolute Gasteiger partial charge is 0.354 e. The van der Waals surface area contributed by atoms with Crippen molar-refractivity contribution in [3.63, 3.8) is 0 Å². The highest BCUT2D eigenvalue weighted by atomic mass is 14.8. The van der Waals surface area contributed by atoms with Crippen molar-refractivity contribution in [3.8, 4) is 0 Å². The van der Waals surface area contributed by atoms with E-state index in [0.29, 0.717) is 0 Å². The highest BCUT2D eigenvalue weighted by molar-refractivity contribution is 6.09. The molecule has 0 aliphatic rings. The minimum atomic E-state index is 0.781. The molecule has 2 N–H and O–H groups in total. The summed E-state index contributed by atoms with van der Waals surface area (Å²) >= 11 is 0. The van der Waals surface area contributed by atoms with Gasteiger partial charge in [0.25, 0.3) is 0 Å². The van der Waals surface area contributed by atoms with Gasteiger partial charge in [0.05, 0.1) is 46.9 Å². The summed E-state index contributed by atoms with van der Waals surface area (Å²) in [7, 11) is 0. The molecule has 7 aromatic rings. The van der Waals surface area contributed by atoms with E-state index in [2.05, 4.69) is 44.2 Å². The summed E-state index contributed by atoms with van der Waals surface area (Å²) in [6.45, 7) is 0. The van der Waals surface area contributed by atoms with Crippen molar-refractivity contribution in [1.82, 2.24) is 29.9 Å². The van der Waals surface area contributed by atoms with Crippen molar-refractivity contribution in [1.29, 1.82) is 0 Å². The summed E-state index contributed by atoms with van der Waals surface area (Å²) in [5.74, 6) is 0. The van der Waals surface area contributed by atoms with Gasteiger partial charge in [0, 0.05) is 43.6 Å². The Morgan fingerprint density at radius 2 is 0.706 bits per heavy atom. The molecule has 5 aromatic heterocycles. The first kappa shape index (κ1) is 18.7. The minimum absolute atomic E-state index is 0.781. The van der Waals surface area contributed by atoms with Gasteiger partial charge in [0.1, 0.15) is 0 Å². The Morgan fingerprint density at radius 1 is 0.412 bits per heavy atom. The van der Waals surface area contributed by atoms with Gasteiger partial charge in [-0.3, -0.25) is 9.97 Å². The molecule has 0 amide bonds. The maximum Gasteiger partial charge on any atom is 0.0841 e. The van der Waals surface area contributed by atoms with E-state index in [-0.39, 0.29) is 0 Å². The molecule has 0 saturated carbocycles. The van der Waals surface area contributed by atoms with Crippen LogP contribution >= 0.6 is 0 Å². The Hall–Kier alpha value is -4.84. The van der Waals surface area contributed by atoms with Gasteiger partial charge in [0.2, 0.25) is 0 Å². The average Bonchev–Trinajstić information content (AvgIpc) is 3.37. The molecule has 0 unspecified atom stereocenters. The summed E-state index contributed by atoms with van der Waals surface area (Å²) < 4.78 is 0. The van der Waals surface area contributed by atoms with Crippen LogP contribution in [0.4, 0.5) is 0 Å². The number of hydrogen-bond donors (Lipinski definition) is 2. The zero-order valence-corrected chi connectivity index (χ0v) is 18.0. The number of nitrogens with zero attached hydrogens (tertiary/aromatic N) is 4. The molecule has 0 spiro atoms. The smallest absolute Gasteiger partial charge is 0.0841 e. The van der Waals surface area contributed by atoms with Gasteiger partial charge in [-0.25, -0.2) is 9.97 Å². The van der Waals surface area contributed by atoms with Gasteiger partial charge in [-0.05, 0) is 24.3 Å². The van der Waals surface area contributed by atoms with Crippen molar-refractivity contribution in [3.05, 3.63) is 97.6 Å². The number of nitrogens with one attached hydrogen (secondary N) is 2. The van der Waals surface area contributed by atoms with E-state index in [1.807, 2.05) is 48.5 Å². The Labute approximate surface area is 193 Å². The summed E-state index contributed by atoms with van der Waals surface area (Å²) in [6, 6.07) is 24.7. The molecular formula is C28H18N6. The third kappa shape index (κ3) is 3.12. The third-order valence-corrected chi connectivity index (χ3v) is 6.07. The second-order valence-corrected chi connectivity index (χ2v) is 8.31. The van der Waals surface area contributed by atoms with E-state index in [9.17, 15) is 0 Å². The first-order chi connectivity index (χ1) is 16.8. The van der Waals surface area contributed by atoms with Gasteiger partial charge >= 0.3 is 0 Å². The summed E-state index contributed by atoms with van der Waals surface area (Å²) in [5, 5.41) is 4.46. The van der Waals surface area contributed by atoms with Gasteiger partial charge in [0.15, 0.2) is 0 Å². The molecule has 160 valence electrons. The van der Waals surface area contributed by atoms with Crippen LogP contribution in [0.25, 0.3) is 65.7 Å². The Balaban J connectivity index is 1.71. The van der Waals surface area contributed by atoms with Crippen molar-refractivity contribution in [2.75, 3.05) is 0 Å². The maximum absolute atomic E-state index is 4.85. The van der Waals surface area contributed by atoms with Crippen LogP contribution in [-0.4, -0.2) is 29.9 Å². The Bertz CT molecular complexity index is 1710. The number of fused-ring (bicyclic) bond motifs is 14. The number of hydrogen-bond acceptors (Lipinski definition) is 4. The first-order valence-electron chi connectivity index (χ1n) is 11.0. The molecular weight excluding hydrogens is 420 g/mol. The van der Waals surface area contributed by atoms with Gasteiger partial charge in [-0.15, -0.1) is 0 Å². The fourth-order valence-electron chi connectivity index (χ4n) is 4.58. The molecule has 0 aliphatic heterocycles. The molecule has 34 heavy (non-hydrogen) atoms. The fraction of sp³-hybridized carbons (Fsp3) is 0. The van der Waals surface area contributed by atoms with E-state index in [1.165, 1.54) is 0 Å². The van der Waals surface area contributed by atoms with Crippen LogP contribution in [0.15, 0.2) is 97.6 Å². The predicted molar refractivity (Wildman–Crippen MR) is 138 cm³/mol. The van der Waals surface area contributed by atoms with Crippen LogP contribution in [0.5, 0.6) is 0 Å². The molecule has 0 radical (unpaired) electrons. The number of benzene rings is 2. The van der Waals surface area contributed by atoms with Gasteiger partial charge < -0.3 is 9.97 Å². The van der Waals surface area contributed by atoms with Gasteiger partial charge in [-0.1, -0.05) is 48.5 Å². The van der Waals surface area contributed by atoms with Crippen LogP contribution in [0.2, 0.25) is 0 Å². The topological polar surface area (TPSA) is 83.1 Å². The number of H-pyrrole nitrogens is 2. The molecule has 0 saturated heterocycles. The monoisotopic (exact) mass is 438 g/mol. The van der Waals surface area contributed by atoms with E-state index < -0.39 is 0 Å². The van der Waals surface area contributed by atoms with Gasteiger partial charge in [-0.2, -0.15) is 0 Å². The maximum atomic E-state index is 4.85. The Morgan fingerprint density at radius 3 is 1.00 bits per heavy atom. The van der Waals surface area contributed by atoms with Crippen molar-refractivity contribution < 1.29 is 0 Å². The van der Waals surface area contributed by atoms with Crippen LogP contribution < -0.4 is 0 Å². The van der Waals surface area contributed by atoms with Crippen molar-refractivity contribution in [2.45, 2.75) is 0 Å². The van der Waals surface area contributed by atoms with Crippen LogP contribution in [-0.2, 0) is 0 Å². The van der Waals surface area contributed by atoms with E-state index in [0.717, 1.165) is 65.7 Å². The standard InChI is InChI=1S/C28H18N6/c1-2-6-22-21(5-1)25-9-17-13-29-15-19(31-17)11-27-23-7-3-4-8-24(23)28(34-27)12-20-16-30-14-18(32-20)10-26(22)33-25/h1-16,33-34H. The first-order valence-corrected chi connectivity index (χ1v) is 11.0. The molecule has 7 rings (SSSR count).